The van der Waals surface area contributed by atoms with E-state index in [2.05, 4.69) is 27.4 Å². The number of H-pyrrole nitrogens is 1. The summed E-state index contributed by atoms with van der Waals surface area (Å²) in [6.45, 7) is 6.81. The maximum atomic E-state index is 10.5. The van der Waals surface area contributed by atoms with Crippen molar-refractivity contribution in [2.24, 2.45) is 0 Å². The van der Waals surface area contributed by atoms with E-state index in [1.54, 1.807) is 6.92 Å². The number of aromatic nitrogens is 3. The van der Waals surface area contributed by atoms with Crippen molar-refractivity contribution < 1.29 is 4.79 Å². The van der Waals surface area contributed by atoms with E-state index >= 15 is 0 Å². The zero-order chi connectivity index (χ0) is 9.14. The fraction of sp³-hybridized carbons (Fsp3) is 0.429. The molecule has 0 aromatic carbocycles. The molecule has 12 heavy (non-hydrogen) atoms. The number of hydrogen-bond acceptors (Lipinski definition) is 3. The van der Waals surface area contributed by atoms with Gasteiger partial charge in [-0.3, -0.25) is 4.79 Å². The number of rotatable bonds is 2. The van der Waals surface area contributed by atoms with Gasteiger partial charge in [0.2, 0.25) is 5.91 Å². The van der Waals surface area contributed by atoms with Crippen LogP contribution in [0.1, 0.15) is 24.6 Å². The molecule has 0 bridgehead atoms. The SMILES string of the molecule is [CH2]C(=O)NC(C)c1nnc(C)[nH]1. The molecule has 0 fully saturated rings. The Kier molecular flexibility index (Phi) is 2.42. The molecule has 5 nitrogen and oxygen atoms in total. The van der Waals surface area contributed by atoms with Crippen molar-refractivity contribution in [3.05, 3.63) is 18.6 Å². The first-order chi connectivity index (χ1) is 5.59. The minimum atomic E-state index is -0.323. The van der Waals surface area contributed by atoms with Crippen molar-refractivity contribution in [3.8, 4) is 0 Å². The Balaban J connectivity index is 2.64. The van der Waals surface area contributed by atoms with Crippen LogP contribution in [0.2, 0.25) is 0 Å². The lowest BCUT2D eigenvalue weighted by Gasteiger charge is -2.07. The summed E-state index contributed by atoms with van der Waals surface area (Å²) < 4.78 is 0. The maximum Gasteiger partial charge on any atom is 0.221 e. The minimum Gasteiger partial charge on any atom is -0.346 e. The number of aryl methyl sites for hydroxylation is 1. The molecule has 1 aromatic heterocycles. The van der Waals surface area contributed by atoms with Gasteiger partial charge in [0.25, 0.3) is 0 Å². The number of aromatic amines is 1. The van der Waals surface area contributed by atoms with Crippen LogP contribution in [-0.2, 0) is 4.79 Å². The van der Waals surface area contributed by atoms with E-state index in [0.29, 0.717) is 5.82 Å². The van der Waals surface area contributed by atoms with Crippen LogP contribution in [0.4, 0.5) is 0 Å². The summed E-state index contributed by atoms with van der Waals surface area (Å²) in [6.07, 6.45) is 0. The van der Waals surface area contributed by atoms with Gasteiger partial charge >= 0.3 is 0 Å². The van der Waals surface area contributed by atoms with Gasteiger partial charge in [-0.05, 0) is 13.8 Å². The van der Waals surface area contributed by atoms with Gasteiger partial charge in [-0.25, -0.2) is 0 Å². The number of amides is 1. The number of nitrogens with zero attached hydrogens (tertiary/aromatic N) is 2. The average Bonchev–Trinajstić information content (AvgIpc) is 2.34. The second-order valence-electron chi connectivity index (χ2n) is 2.58. The summed E-state index contributed by atoms with van der Waals surface area (Å²) in [5.41, 5.74) is 0. The van der Waals surface area contributed by atoms with E-state index in [1.807, 2.05) is 6.92 Å². The second kappa shape index (κ2) is 3.34. The Morgan fingerprint density at radius 2 is 2.33 bits per heavy atom. The predicted octanol–water partition coefficient (Wildman–Crippen LogP) is 0.124. The Labute approximate surface area is 70.6 Å². The molecule has 1 atom stereocenters. The second-order valence-corrected chi connectivity index (χ2v) is 2.58. The molecule has 65 valence electrons. The molecule has 1 radical (unpaired) electrons. The molecule has 1 unspecified atom stereocenters. The first kappa shape index (κ1) is 8.70. The van der Waals surface area contributed by atoms with E-state index in [4.69, 9.17) is 0 Å². The van der Waals surface area contributed by atoms with Crippen molar-refractivity contribution in [3.63, 3.8) is 0 Å². The van der Waals surface area contributed by atoms with E-state index in [0.717, 1.165) is 5.82 Å². The molecule has 0 saturated carbocycles. The van der Waals surface area contributed by atoms with Crippen LogP contribution in [0, 0.1) is 13.8 Å². The number of carbonyl (C=O) groups excluding carboxylic acids is 1. The third kappa shape index (κ3) is 2.05. The maximum absolute atomic E-state index is 10.5. The van der Waals surface area contributed by atoms with Gasteiger partial charge in [-0.15, -0.1) is 10.2 Å². The van der Waals surface area contributed by atoms with Gasteiger partial charge in [0.15, 0.2) is 5.82 Å². The van der Waals surface area contributed by atoms with Crippen LogP contribution in [0.3, 0.4) is 0 Å². The van der Waals surface area contributed by atoms with Gasteiger partial charge in [0, 0.05) is 6.92 Å². The van der Waals surface area contributed by atoms with Crippen LogP contribution in [-0.4, -0.2) is 21.1 Å². The third-order valence-corrected chi connectivity index (χ3v) is 1.40. The normalized spacial score (nSPS) is 12.6. The molecule has 0 aliphatic carbocycles. The average molecular weight is 167 g/mol. The first-order valence-corrected chi connectivity index (χ1v) is 3.61. The smallest absolute Gasteiger partial charge is 0.221 e. The Morgan fingerprint density at radius 1 is 1.67 bits per heavy atom. The minimum absolute atomic E-state index is 0.170. The van der Waals surface area contributed by atoms with Crippen LogP contribution in [0.5, 0.6) is 0 Å². The number of nitrogens with one attached hydrogen (secondary N) is 2. The zero-order valence-electron chi connectivity index (χ0n) is 7.09. The monoisotopic (exact) mass is 167 g/mol. The highest BCUT2D eigenvalue weighted by molar-refractivity contribution is 5.80. The molecule has 1 heterocycles. The van der Waals surface area contributed by atoms with E-state index < -0.39 is 0 Å². The topological polar surface area (TPSA) is 70.7 Å². The van der Waals surface area contributed by atoms with E-state index in [1.165, 1.54) is 0 Å². The summed E-state index contributed by atoms with van der Waals surface area (Å²) in [5, 5.41) is 10.2. The molecular formula is C7H11N4O. The molecule has 1 amide bonds. The molecule has 2 N–H and O–H groups in total. The fourth-order valence-electron chi connectivity index (χ4n) is 0.869. The summed E-state index contributed by atoms with van der Waals surface area (Å²) in [7, 11) is 0. The van der Waals surface area contributed by atoms with Gasteiger partial charge in [0.05, 0.1) is 6.04 Å². The first-order valence-electron chi connectivity index (χ1n) is 3.61. The number of carbonyl (C=O) groups is 1. The van der Waals surface area contributed by atoms with Crippen molar-refractivity contribution in [1.29, 1.82) is 0 Å². The van der Waals surface area contributed by atoms with Crippen molar-refractivity contribution in [1.82, 2.24) is 20.5 Å². The molecule has 0 aliphatic heterocycles. The molecular weight excluding hydrogens is 156 g/mol. The summed E-state index contributed by atoms with van der Waals surface area (Å²) in [5.74, 6) is 1.05. The standard InChI is InChI=1S/C7H11N4O/c1-4(8-6(3)12)7-9-5(2)10-11-7/h4H,3H2,1-2H3,(H,8,12)(H,9,10,11). The molecule has 0 aliphatic rings. The lowest BCUT2D eigenvalue weighted by Crippen LogP contribution is -2.24. The van der Waals surface area contributed by atoms with Crippen molar-refractivity contribution >= 4 is 5.91 Å². The van der Waals surface area contributed by atoms with E-state index in [-0.39, 0.29) is 11.9 Å². The van der Waals surface area contributed by atoms with Crippen molar-refractivity contribution in [2.45, 2.75) is 19.9 Å². The molecule has 0 saturated heterocycles. The Hall–Kier alpha value is -1.39. The highest BCUT2D eigenvalue weighted by atomic mass is 16.1. The number of hydrogen-bond donors (Lipinski definition) is 2. The van der Waals surface area contributed by atoms with Crippen molar-refractivity contribution in [2.75, 3.05) is 0 Å². The van der Waals surface area contributed by atoms with Gasteiger partial charge in [-0.2, -0.15) is 0 Å². The Morgan fingerprint density at radius 3 is 2.75 bits per heavy atom. The summed E-state index contributed by atoms with van der Waals surface area (Å²) in [6, 6.07) is -0.170. The quantitative estimate of drug-likeness (QED) is 0.657. The highest BCUT2D eigenvalue weighted by Gasteiger charge is 2.09. The largest absolute Gasteiger partial charge is 0.346 e. The van der Waals surface area contributed by atoms with Gasteiger partial charge in [0.1, 0.15) is 5.82 Å². The highest BCUT2D eigenvalue weighted by Crippen LogP contribution is 2.04. The Bertz CT molecular complexity index is 281. The van der Waals surface area contributed by atoms with Crippen LogP contribution in [0.15, 0.2) is 0 Å². The fourth-order valence-corrected chi connectivity index (χ4v) is 0.869. The summed E-state index contributed by atoms with van der Waals surface area (Å²) >= 11 is 0. The van der Waals surface area contributed by atoms with Crippen LogP contribution >= 0.6 is 0 Å². The van der Waals surface area contributed by atoms with Gasteiger partial charge < -0.3 is 10.3 Å². The van der Waals surface area contributed by atoms with E-state index in [9.17, 15) is 4.79 Å². The molecule has 1 rings (SSSR count). The van der Waals surface area contributed by atoms with Gasteiger partial charge in [-0.1, -0.05) is 0 Å². The molecule has 0 spiro atoms. The lowest BCUT2D eigenvalue weighted by molar-refractivity contribution is -0.117. The summed E-state index contributed by atoms with van der Waals surface area (Å²) in [4.78, 5) is 13.5. The predicted molar refractivity (Wildman–Crippen MR) is 43.0 cm³/mol. The van der Waals surface area contributed by atoms with Crippen LogP contribution in [0.25, 0.3) is 0 Å². The lowest BCUT2D eigenvalue weighted by atomic mass is 10.3. The van der Waals surface area contributed by atoms with Crippen LogP contribution < -0.4 is 5.32 Å². The third-order valence-electron chi connectivity index (χ3n) is 1.40. The molecule has 1 aromatic rings. The zero-order valence-corrected chi connectivity index (χ0v) is 7.09. The molecule has 5 heteroatoms.